The molecule has 0 aliphatic carbocycles. The first-order valence-corrected chi connectivity index (χ1v) is 12.3. The summed E-state index contributed by atoms with van der Waals surface area (Å²) in [6, 6.07) is 13.1. The largest absolute Gasteiger partial charge is 0.586 e. The van der Waals surface area contributed by atoms with Gasteiger partial charge in [0.15, 0.2) is 11.5 Å². The SMILES string of the molecule is CN(C(C)(C)C)S(=O)(=O)c1cccc(-c2cnc3[nH]cc(-c4cccc5c4OC(F)(F)O5)c3c2)c1. The fraction of sp³-hybridized carbons (Fsp3) is 0.240. The molecule has 4 aromatic rings. The van der Waals surface area contributed by atoms with Gasteiger partial charge in [0.1, 0.15) is 5.65 Å². The molecule has 2 aromatic heterocycles. The van der Waals surface area contributed by atoms with E-state index in [9.17, 15) is 17.2 Å². The second kappa shape index (κ2) is 7.76. The molecule has 1 aliphatic rings. The molecule has 0 saturated carbocycles. The summed E-state index contributed by atoms with van der Waals surface area (Å²) >= 11 is 0. The number of nitrogens with one attached hydrogen (secondary N) is 1. The van der Waals surface area contributed by atoms with Gasteiger partial charge in [-0.3, -0.25) is 0 Å². The van der Waals surface area contributed by atoms with Crippen molar-refractivity contribution in [2.45, 2.75) is 37.5 Å². The number of nitrogens with zero attached hydrogens (tertiary/aromatic N) is 2. The third-order valence-electron chi connectivity index (χ3n) is 6.02. The maximum Gasteiger partial charge on any atom is 0.586 e. The quantitative estimate of drug-likeness (QED) is 0.393. The summed E-state index contributed by atoms with van der Waals surface area (Å²) in [5.74, 6) is -0.103. The molecule has 5 rings (SSSR count). The van der Waals surface area contributed by atoms with Gasteiger partial charge in [-0.25, -0.2) is 13.4 Å². The lowest BCUT2D eigenvalue weighted by Gasteiger charge is -2.31. The van der Waals surface area contributed by atoms with Crippen LogP contribution in [0.25, 0.3) is 33.3 Å². The lowest BCUT2D eigenvalue weighted by molar-refractivity contribution is -0.286. The Hall–Kier alpha value is -3.50. The molecule has 10 heteroatoms. The molecular formula is C25H23F2N3O4S. The van der Waals surface area contributed by atoms with Gasteiger partial charge in [0.25, 0.3) is 0 Å². The van der Waals surface area contributed by atoms with E-state index < -0.39 is 21.9 Å². The van der Waals surface area contributed by atoms with E-state index in [-0.39, 0.29) is 16.4 Å². The minimum absolute atomic E-state index is 0.0492. The highest BCUT2D eigenvalue weighted by Crippen LogP contribution is 2.48. The minimum atomic E-state index is -3.74. The molecule has 2 aromatic carbocycles. The van der Waals surface area contributed by atoms with Gasteiger partial charge in [0.05, 0.1) is 4.90 Å². The second-order valence-corrected chi connectivity index (χ2v) is 11.3. The summed E-state index contributed by atoms with van der Waals surface area (Å²) in [4.78, 5) is 7.67. The molecule has 35 heavy (non-hydrogen) atoms. The molecule has 0 amide bonds. The third kappa shape index (κ3) is 4.02. The molecule has 0 fully saturated rings. The highest BCUT2D eigenvalue weighted by molar-refractivity contribution is 7.89. The van der Waals surface area contributed by atoms with Crippen molar-refractivity contribution in [1.29, 1.82) is 0 Å². The zero-order valence-electron chi connectivity index (χ0n) is 19.5. The first-order chi connectivity index (χ1) is 16.4. The molecule has 1 N–H and O–H groups in total. The van der Waals surface area contributed by atoms with Crippen LogP contribution in [0.1, 0.15) is 20.8 Å². The van der Waals surface area contributed by atoms with Crippen LogP contribution in [0.2, 0.25) is 0 Å². The van der Waals surface area contributed by atoms with Gasteiger partial charge in [-0.2, -0.15) is 4.31 Å². The molecule has 0 atom stereocenters. The molecule has 3 heterocycles. The van der Waals surface area contributed by atoms with Crippen LogP contribution in [0.15, 0.2) is 65.8 Å². The van der Waals surface area contributed by atoms with Gasteiger partial charge in [-0.05, 0) is 50.6 Å². The van der Waals surface area contributed by atoms with Crippen molar-refractivity contribution in [2.24, 2.45) is 0 Å². The Bertz CT molecular complexity index is 1560. The summed E-state index contributed by atoms with van der Waals surface area (Å²) < 4.78 is 64.4. The lowest BCUT2D eigenvalue weighted by atomic mass is 10.0. The normalized spacial score (nSPS) is 15.2. The average molecular weight is 500 g/mol. The Kier molecular flexibility index (Phi) is 5.15. The summed E-state index contributed by atoms with van der Waals surface area (Å²) in [6.45, 7) is 5.47. The Morgan fingerprint density at radius 2 is 1.74 bits per heavy atom. The van der Waals surface area contributed by atoms with Gasteiger partial charge < -0.3 is 14.5 Å². The van der Waals surface area contributed by atoms with Crippen LogP contribution in [0.4, 0.5) is 8.78 Å². The first kappa shape index (κ1) is 23.3. The topological polar surface area (TPSA) is 84.5 Å². The van der Waals surface area contributed by atoms with Gasteiger partial charge in [-0.1, -0.05) is 24.3 Å². The van der Waals surface area contributed by atoms with Crippen molar-refractivity contribution in [2.75, 3.05) is 7.05 Å². The van der Waals surface area contributed by atoms with Crippen LogP contribution in [0.3, 0.4) is 0 Å². The van der Waals surface area contributed by atoms with Crippen molar-refractivity contribution < 1.29 is 26.7 Å². The van der Waals surface area contributed by atoms with E-state index in [0.29, 0.717) is 33.3 Å². The maximum absolute atomic E-state index is 13.7. The smallest absolute Gasteiger partial charge is 0.395 e. The molecule has 0 saturated heterocycles. The Morgan fingerprint density at radius 3 is 2.49 bits per heavy atom. The molecule has 0 radical (unpaired) electrons. The number of H-pyrrole nitrogens is 1. The van der Waals surface area contributed by atoms with Gasteiger partial charge in [-0.15, -0.1) is 8.78 Å². The lowest BCUT2D eigenvalue weighted by Crippen LogP contribution is -2.42. The monoisotopic (exact) mass is 499 g/mol. The van der Waals surface area contributed by atoms with E-state index in [1.54, 1.807) is 55.8 Å². The van der Waals surface area contributed by atoms with Crippen LogP contribution in [-0.2, 0) is 10.0 Å². The minimum Gasteiger partial charge on any atom is -0.395 e. The number of para-hydroxylation sites is 1. The van der Waals surface area contributed by atoms with E-state index in [2.05, 4.69) is 14.7 Å². The number of sulfonamides is 1. The highest BCUT2D eigenvalue weighted by Gasteiger charge is 2.44. The number of fused-ring (bicyclic) bond motifs is 2. The van der Waals surface area contributed by atoms with Crippen LogP contribution in [-0.4, -0.2) is 41.6 Å². The van der Waals surface area contributed by atoms with Crippen LogP contribution >= 0.6 is 0 Å². The van der Waals surface area contributed by atoms with Crippen molar-refractivity contribution in [3.8, 4) is 33.8 Å². The van der Waals surface area contributed by atoms with Crippen molar-refractivity contribution in [1.82, 2.24) is 14.3 Å². The molecule has 0 spiro atoms. The molecule has 0 unspecified atom stereocenters. The fourth-order valence-corrected chi connectivity index (χ4v) is 5.48. The van der Waals surface area contributed by atoms with E-state index in [1.807, 2.05) is 26.8 Å². The Morgan fingerprint density at radius 1 is 1.00 bits per heavy atom. The fourth-order valence-electron chi connectivity index (χ4n) is 3.92. The van der Waals surface area contributed by atoms with Gasteiger partial charge in [0.2, 0.25) is 10.0 Å². The van der Waals surface area contributed by atoms with Crippen molar-refractivity contribution in [3.63, 3.8) is 0 Å². The molecule has 7 nitrogen and oxygen atoms in total. The van der Waals surface area contributed by atoms with Gasteiger partial charge >= 0.3 is 6.29 Å². The summed E-state index contributed by atoms with van der Waals surface area (Å²) in [5.41, 5.74) is 2.30. The highest BCUT2D eigenvalue weighted by atomic mass is 32.2. The second-order valence-electron chi connectivity index (χ2n) is 9.29. The molecule has 182 valence electrons. The third-order valence-corrected chi connectivity index (χ3v) is 8.14. The number of pyridine rings is 1. The van der Waals surface area contributed by atoms with E-state index >= 15 is 0 Å². The predicted molar refractivity (Wildman–Crippen MR) is 128 cm³/mol. The van der Waals surface area contributed by atoms with Crippen molar-refractivity contribution >= 4 is 21.1 Å². The predicted octanol–water partition coefficient (Wildman–Crippen LogP) is 5.64. The Labute approximate surface area is 201 Å². The van der Waals surface area contributed by atoms with E-state index in [4.69, 9.17) is 4.74 Å². The van der Waals surface area contributed by atoms with E-state index in [1.165, 1.54) is 10.4 Å². The summed E-state index contributed by atoms with van der Waals surface area (Å²) in [5, 5.41) is 0.662. The van der Waals surface area contributed by atoms with Crippen molar-refractivity contribution in [3.05, 3.63) is 60.9 Å². The van der Waals surface area contributed by atoms with Gasteiger partial charge in [0, 0.05) is 47.1 Å². The zero-order valence-corrected chi connectivity index (χ0v) is 20.3. The van der Waals surface area contributed by atoms with E-state index in [0.717, 1.165) is 0 Å². The Balaban J connectivity index is 1.59. The average Bonchev–Trinajstić information content (AvgIpc) is 3.36. The van der Waals surface area contributed by atoms with Crippen LogP contribution in [0, 0.1) is 0 Å². The number of aromatic amines is 1. The number of alkyl halides is 2. The van der Waals surface area contributed by atoms with Crippen LogP contribution in [0.5, 0.6) is 11.5 Å². The molecule has 0 bridgehead atoms. The number of rotatable bonds is 4. The summed E-state index contributed by atoms with van der Waals surface area (Å²) in [7, 11) is -2.17. The first-order valence-electron chi connectivity index (χ1n) is 10.8. The number of aromatic nitrogens is 2. The standard InChI is InChI=1S/C25H23F2N3O4S/c1-24(2,3)30(4)35(31,32)17-8-5-7-15(11-17)16-12-19-20(14-29-23(19)28-13-16)18-9-6-10-21-22(18)34-25(26,27)33-21/h5-14H,1-4H3,(H,28,29). The number of benzene rings is 2. The van der Waals surface area contributed by atoms with Crippen LogP contribution < -0.4 is 9.47 Å². The number of hydrogen-bond acceptors (Lipinski definition) is 5. The number of hydrogen-bond donors (Lipinski definition) is 1. The number of halogens is 2. The maximum atomic E-state index is 13.7. The summed E-state index contributed by atoms with van der Waals surface area (Å²) in [6.07, 6.45) is -0.443. The molecule has 1 aliphatic heterocycles. The zero-order chi connectivity index (χ0) is 25.2. The number of ether oxygens (including phenoxy) is 2. The molecular weight excluding hydrogens is 476 g/mol.